The number of benzene rings is 1. The number of hydrogen-bond acceptors (Lipinski definition) is 3. The molecule has 0 aliphatic carbocycles. The minimum atomic E-state index is -0.325. The van der Waals surface area contributed by atoms with Gasteiger partial charge in [0, 0.05) is 37.1 Å². The molecule has 2 aromatic rings. The van der Waals surface area contributed by atoms with Crippen LogP contribution in [0, 0.1) is 5.82 Å². The lowest BCUT2D eigenvalue weighted by Gasteiger charge is -2.34. The van der Waals surface area contributed by atoms with Crippen molar-refractivity contribution in [3.8, 4) is 5.75 Å². The number of rotatable bonds is 2. The number of likely N-dealkylation sites (tertiary alicyclic amines) is 1. The number of nitrogens with zero attached hydrogens (tertiary/aromatic N) is 3. The van der Waals surface area contributed by atoms with Gasteiger partial charge in [-0.05, 0) is 37.8 Å². The standard InChI is InChI=1S/C19H23FN4O2/c20-14-6-7-16-17(5-2-11-26-18(16)12-14)22-19(25)23-9-1-4-15(13-23)24-10-3-8-21-24/h3,6-8,10,12,15,17H,1-2,4-5,9,11,13H2,(H,22,25). The highest BCUT2D eigenvalue weighted by Crippen LogP contribution is 2.32. The SMILES string of the molecule is O=C(NC1CCCOc2cc(F)ccc21)N1CCCC(n2cccn2)C1. The molecule has 1 aromatic heterocycles. The lowest BCUT2D eigenvalue weighted by atomic mass is 10.0. The number of amides is 2. The van der Waals surface area contributed by atoms with E-state index in [1.54, 1.807) is 12.3 Å². The van der Waals surface area contributed by atoms with Gasteiger partial charge in [0.25, 0.3) is 0 Å². The van der Waals surface area contributed by atoms with Crippen LogP contribution in [0.2, 0.25) is 0 Å². The molecule has 3 heterocycles. The van der Waals surface area contributed by atoms with Gasteiger partial charge in [-0.25, -0.2) is 9.18 Å². The van der Waals surface area contributed by atoms with Gasteiger partial charge in [-0.1, -0.05) is 6.07 Å². The predicted octanol–water partition coefficient (Wildman–Crippen LogP) is 3.28. The van der Waals surface area contributed by atoms with Crippen LogP contribution in [0.3, 0.4) is 0 Å². The fourth-order valence-corrected chi connectivity index (χ4v) is 3.79. The van der Waals surface area contributed by atoms with E-state index >= 15 is 0 Å². The molecule has 0 bridgehead atoms. The Kier molecular flexibility index (Phi) is 4.77. The zero-order valence-electron chi connectivity index (χ0n) is 14.6. The van der Waals surface area contributed by atoms with E-state index in [2.05, 4.69) is 10.4 Å². The van der Waals surface area contributed by atoms with Gasteiger partial charge in [0.05, 0.1) is 18.7 Å². The lowest BCUT2D eigenvalue weighted by Crippen LogP contribution is -2.47. The number of hydrogen-bond donors (Lipinski definition) is 1. The second kappa shape index (κ2) is 7.35. The van der Waals surface area contributed by atoms with Crippen LogP contribution in [-0.2, 0) is 0 Å². The topological polar surface area (TPSA) is 59.4 Å². The van der Waals surface area contributed by atoms with Crippen molar-refractivity contribution in [3.05, 3.63) is 48.0 Å². The average Bonchev–Trinajstić information content (AvgIpc) is 3.12. The summed E-state index contributed by atoms with van der Waals surface area (Å²) in [6, 6.07) is 6.40. The predicted molar refractivity (Wildman–Crippen MR) is 94.5 cm³/mol. The van der Waals surface area contributed by atoms with E-state index in [9.17, 15) is 9.18 Å². The van der Waals surface area contributed by atoms with Crippen LogP contribution in [0.5, 0.6) is 5.75 Å². The monoisotopic (exact) mass is 358 g/mol. The molecule has 1 saturated heterocycles. The molecule has 7 heteroatoms. The molecule has 2 atom stereocenters. The Labute approximate surface area is 151 Å². The van der Waals surface area contributed by atoms with E-state index in [4.69, 9.17) is 4.74 Å². The zero-order valence-corrected chi connectivity index (χ0v) is 14.6. The van der Waals surface area contributed by atoms with Crippen LogP contribution >= 0.6 is 0 Å². The molecule has 4 rings (SSSR count). The number of fused-ring (bicyclic) bond motifs is 1. The zero-order chi connectivity index (χ0) is 17.9. The van der Waals surface area contributed by atoms with E-state index in [-0.39, 0.29) is 23.9 Å². The summed E-state index contributed by atoms with van der Waals surface area (Å²) in [7, 11) is 0. The number of urea groups is 1. The second-order valence-electron chi connectivity index (χ2n) is 6.90. The maximum Gasteiger partial charge on any atom is 0.317 e. The van der Waals surface area contributed by atoms with Crippen LogP contribution in [0.4, 0.5) is 9.18 Å². The van der Waals surface area contributed by atoms with Crippen molar-refractivity contribution in [2.45, 2.75) is 37.8 Å². The van der Waals surface area contributed by atoms with Gasteiger partial charge in [-0.15, -0.1) is 0 Å². The van der Waals surface area contributed by atoms with Crippen molar-refractivity contribution in [1.29, 1.82) is 0 Å². The van der Waals surface area contributed by atoms with Crippen LogP contribution in [-0.4, -0.2) is 40.4 Å². The third kappa shape index (κ3) is 3.52. The summed E-state index contributed by atoms with van der Waals surface area (Å²) >= 11 is 0. The highest BCUT2D eigenvalue weighted by atomic mass is 19.1. The van der Waals surface area contributed by atoms with Gasteiger partial charge in [0.15, 0.2) is 0 Å². The third-order valence-electron chi connectivity index (χ3n) is 5.13. The fourth-order valence-electron chi connectivity index (χ4n) is 3.79. The average molecular weight is 358 g/mol. The first-order valence-corrected chi connectivity index (χ1v) is 9.17. The van der Waals surface area contributed by atoms with Crippen molar-refractivity contribution in [1.82, 2.24) is 20.0 Å². The van der Waals surface area contributed by atoms with Crippen molar-refractivity contribution in [3.63, 3.8) is 0 Å². The lowest BCUT2D eigenvalue weighted by molar-refractivity contribution is 0.159. The minimum Gasteiger partial charge on any atom is -0.493 e. The number of piperidine rings is 1. The van der Waals surface area contributed by atoms with Gasteiger partial charge in [0.2, 0.25) is 0 Å². The molecule has 0 radical (unpaired) electrons. The maximum atomic E-state index is 13.5. The maximum absolute atomic E-state index is 13.5. The summed E-state index contributed by atoms with van der Waals surface area (Å²) in [6.07, 6.45) is 7.27. The van der Waals surface area contributed by atoms with Crippen LogP contribution in [0.1, 0.15) is 43.3 Å². The molecular weight excluding hydrogens is 335 g/mol. The summed E-state index contributed by atoms with van der Waals surface area (Å²) in [5.41, 5.74) is 0.845. The molecular formula is C19H23FN4O2. The molecule has 1 N–H and O–H groups in total. The number of carbonyl (C=O) groups excluding carboxylic acids is 1. The summed E-state index contributed by atoms with van der Waals surface area (Å²) in [4.78, 5) is 14.7. The van der Waals surface area contributed by atoms with Gasteiger partial charge >= 0.3 is 6.03 Å². The highest BCUT2D eigenvalue weighted by molar-refractivity contribution is 5.75. The Morgan fingerprint density at radius 1 is 1.31 bits per heavy atom. The number of halogens is 1. The van der Waals surface area contributed by atoms with Crippen LogP contribution < -0.4 is 10.1 Å². The summed E-state index contributed by atoms with van der Waals surface area (Å²) in [5.74, 6) is 0.203. The van der Waals surface area contributed by atoms with E-state index in [1.165, 1.54) is 12.1 Å². The molecule has 1 fully saturated rings. The number of nitrogens with one attached hydrogen (secondary N) is 1. The molecule has 2 unspecified atom stereocenters. The molecule has 6 nitrogen and oxygen atoms in total. The molecule has 0 saturated carbocycles. The van der Waals surface area contributed by atoms with Crippen LogP contribution in [0.15, 0.2) is 36.7 Å². The number of ether oxygens (including phenoxy) is 1. The van der Waals surface area contributed by atoms with Crippen molar-refractivity contribution in [2.24, 2.45) is 0 Å². The fraction of sp³-hybridized carbons (Fsp3) is 0.474. The van der Waals surface area contributed by atoms with Gasteiger partial charge < -0.3 is 15.0 Å². The smallest absolute Gasteiger partial charge is 0.317 e. The first-order valence-electron chi connectivity index (χ1n) is 9.17. The van der Waals surface area contributed by atoms with Crippen molar-refractivity contribution < 1.29 is 13.9 Å². The summed E-state index contributed by atoms with van der Waals surface area (Å²) in [5, 5.41) is 7.43. The number of aromatic nitrogens is 2. The second-order valence-corrected chi connectivity index (χ2v) is 6.90. The third-order valence-corrected chi connectivity index (χ3v) is 5.13. The van der Waals surface area contributed by atoms with E-state index in [0.29, 0.717) is 18.9 Å². The molecule has 138 valence electrons. The molecule has 2 amide bonds. The van der Waals surface area contributed by atoms with Gasteiger partial charge in [-0.3, -0.25) is 4.68 Å². The quantitative estimate of drug-likeness (QED) is 0.896. The van der Waals surface area contributed by atoms with Crippen molar-refractivity contribution in [2.75, 3.05) is 19.7 Å². The number of carbonyl (C=O) groups is 1. The van der Waals surface area contributed by atoms with Gasteiger partial charge in [-0.2, -0.15) is 5.10 Å². The Morgan fingerprint density at radius 2 is 2.23 bits per heavy atom. The molecule has 1 aromatic carbocycles. The Balaban J connectivity index is 1.46. The van der Waals surface area contributed by atoms with Gasteiger partial charge in [0.1, 0.15) is 11.6 Å². The van der Waals surface area contributed by atoms with E-state index in [1.807, 2.05) is 21.8 Å². The first-order chi connectivity index (χ1) is 12.7. The molecule has 26 heavy (non-hydrogen) atoms. The summed E-state index contributed by atoms with van der Waals surface area (Å²) < 4.78 is 21.1. The Bertz CT molecular complexity index is 765. The first kappa shape index (κ1) is 16.9. The summed E-state index contributed by atoms with van der Waals surface area (Å²) in [6.45, 7) is 1.92. The van der Waals surface area contributed by atoms with Crippen molar-refractivity contribution >= 4 is 6.03 Å². The van der Waals surface area contributed by atoms with E-state index in [0.717, 1.165) is 37.8 Å². The largest absolute Gasteiger partial charge is 0.493 e. The van der Waals surface area contributed by atoms with Crippen LogP contribution in [0.25, 0.3) is 0 Å². The molecule has 0 spiro atoms. The highest BCUT2D eigenvalue weighted by Gasteiger charge is 2.28. The Hall–Kier alpha value is -2.57. The minimum absolute atomic E-state index is 0.0796. The molecule has 2 aliphatic heterocycles. The van der Waals surface area contributed by atoms with E-state index < -0.39 is 0 Å². The molecule has 2 aliphatic rings. The normalized spacial score (nSPS) is 22.9. The Morgan fingerprint density at radius 3 is 3.08 bits per heavy atom.